The van der Waals surface area contributed by atoms with Crippen LogP contribution in [-0.2, 0) is 6.42 Å². The fraction of sp³-hybridized carbons (Fsp3) is 0.423. The molecule has 0 radical (unpaired) electrons. The second kappa shape index (κ2) is 9.75. The van der Waals surface area contributed by atoms with Crippen molar-refractivity contribution in [1.29, 1.82) is 0 Å². The number of nitrogens with two attached hydrogens (primary N) is 1. The fourth-order valence-corrected chi connectivity index (χ4v) is 4.89. The van der Waals surface area contributed by atoms with Gasteiger partial charge in [-0.2, -0.15) is 0 Å². The number of piperidine rings is 1. The summed E-state index contributed by atoms with van der Waals surface area (Å²) in [7, 11) is 1.72. The second-order valence-electron chi connectivity index (χ2n) is 8.64. The standard InChI is InChI=1S/C26H32FN3O/c1-18(13-14-29-2)23-16-20(27)10-12-25(23)31-26-22-8-4-3-6-19(22)9-11-24(26)30-15-5-7-21(28)17-30/h3-4,6,8,10,12-14,16,21,24,26H,5,7,9,11,15,17,28H2,1-2H3/b18-13+,29-14?/t21?,24?,26-/m0/s1. The molecule has 1 saturated heterocycles. The molecule has 2 N–H and O–H groups in total. The summed E-state index contributed by atoms with van der Waals surface area (Å²) < 4.78 is 20.9. The molecular weight excluding hydrogens is 389 g/mol. The zero-order valence-corrected chi connectivity index (χ0v) is 18.4. The molecule has 1 aliphatic heterocycles. The highest BCUT2D eigenvalue weighted by Gasteiger charge is 2.37. The molecule has 0 spiro atoms. The van der Waals surface area contributed by atoms with E-state index >= 15 is 0 Å². The third kappa shape index (κ3) is 4.89. The molecule has 0 aromatic heterocycles. The number of aliphatic imine (C=N–C) groups is 1. The van der Waals surface area contributed by atoms with Crippen molar-refractivity contribution in [1.82, 2.24) is 4.90 Å². The number of ether oxygens (including phenoxy) is 1. The highest BCUT2D eigenvalue weighted by molar-refractivity contribution is 5.85. The lowest BCUT2D eigenvalue weighted by molar-refractivity contribution is 0.0365. The molecule has 4 nitrogen and oxygen atoms in total. The number of fused-ring (bicyclic) bond motifs is 1. The highest BCUT2D eigenvalue weighted by Crippen LogP contribution is 2.39. The number of halogens is 1. The number of hydrogen-bond donors (Lipinski definition) is 1. The average molecular weight is 422 g/mol. The Labute approximate surface area is 184 Å². The number of allylic oxidation sites excluding steroid dienone is 2. The Kier molecular flexibility index (Phi) is 6.83. The molecule has 2 unspecified atom stereocenters. The van der Waals surface area contributed by atoms with Gasteiger partial charge in [-0.1, -0.05) is 24.3 Å². The van der Waals surface area contributed by atoms with E-state index in [1.54, 1.807) is 25.4 Å². The number of hydrogen-bond acceptors (Lipinski definition) is 4. The highest BCUT2D eigenvalue weighted by atomic mass is 19.1. The first-order chi connectivity index (χ1) is 15.1. The van der Waals surface area contributed by atoms with Crippen LogP contribution in [0.5, 0.6) is 5.75 Å². The molecule has 0 amide bonds. The molecule has 1 aliphatic carbocycles. The van der Waals surface area contributed by atoms with Gasteiger partial charge >= 0.3 is 0 Å². The Balaban J connectivity index is 1.72. The van der Waals surface area contributed by atoms with E-state index in [4.69, 9.17) is 10.5 Å². The van der Waals surface area contributed by atoms with E-state index in [-0.39, 0.29) is 24.0 Å². The molecule has 2 aliphatic rings. The molecule has 5 heteroatoms. The van der Waals surface area contributed by atoms with E-state index in [0.29, 0.717) is 5.75 Å². The SMILES string of the molecule is CN=C/C=C(\C)c1cc(F)ccc1O[C@H]1c2ccccc2CCC1N1CCCC(N)C1. The Hall–Kier alpha value is -2.50. The number of aryl methyl sites for hydroxylation is 1. The maximum Gasteiger partial charge on any atom is 0.139 e. The first-order valence-electron chi connectivity index (χ1n) is 11.2. The lowest BCUT2D eigenvalue weighted by Crippen LogP contribution is -2.51. The number of benzene rings is 2. The minimum absolute atomic E-state index is 0.118. The van der Waals surface area contributed by atoms with Gasteiger partial charge in [0.1, 0.15) is 17.7 Å². The van der Waals surface area contributed by atoms with Gasteiger partial charge in [0, 0.05) is 31.4 Å². The molecule has 1 fully saturated rings. The minimum Gasteiger partial charge on any atom is -0.483 e. The zero-order chi connectivity index (χ0) is 21.8. The van der Waals surface area contributed by atoms with Gasteiger partial charge in [0.15, 0.2) is 0 Å². The summed E-state index contributed by atoms with van der Waals surface area (Å²) in [4.78, 5) is 6.53. The molecule has 0 bridgehead atoms. The fourth-order valence-electron chi connectivity index (χ4n) is 4.89. The van der Waals surface area contributed by atoms with Gasteiger partial charge in [-0.15, -0.1) is 0 Å². The van der Waals surface area contributed by atoms with Crippen LogP contribution in [-0.4, -0.2) is 43.3 Å². The van der Waals surface area contributed by atoms with Crippen LogP contribution < -0.4 is 10.5 Å². The third-order valence-electron chi connectivity index (χ3n) is 6.47. The molecule has 2 aromatic rings. The van der Waals surface area contributed by atoms with Crippen molar-refractivity contribution in [2.45, 2.75) is 50.8 Å². The van der Waals surface area contributed by atoms with Crippen molar-refractivity contribution >= 4 is 11.8 Å². The Bertz CT molecular complexity index is 971. The summed E-state index contributed by atoms with van der Waals surface area (Å²) in [6.07, 6.45) is 7.75. The molecule has 1 heterocycles. The van der Waals surface area contributed by atoms with Gasteiger partial charge in [0.05, 0.1) is 6.04 Å². The van der Waals surface area contributed by atoms with Crippen LogP contribution in [0.4, 0.5) is 4.39 Å². The molecule has 0 saturated carbocycles. The molecule has 31 heavy (non-hydrogen) atoms. The number of nitrogens with zero attached hydrogens (tertiary/aromatic N) is 2. The van der Waals surface area contributed by atoms with Crippen LogP contribution in [0.25, 0.3) is 5.57 Å². The first-order valence-corrected chi connectivity index (χ1v) is 11.2. The average Bonchev–Trinajstić information content (AvgIpc) is 2.78. The van der Waals surface area contributed by atoms with Crippen LogP contribution in [0.3, 0.4) is 0 Å². The van der Waals surface area contributed by atoms with Gasteiger partial charge in [0.2, 0.25) is 0 Å². The largest absolute Gasteiger partial charge is 0.483 e. The van der Waals surface area contributed by atoms with Crippen molar-refractivity contribution in [3.8, 4) is 5.75 Å². The molecular formula is C26H32FN3O. The van der Waals surface area contributed by atoms with Crippen LogP contribution in [0.2, 0.25) is 0 Å². The lowest BCUT2D eigenvalue weighted by atomic mass is 9.84. The first kappa shape index (κ1) is 21.7. The number of likely N-dealkylation sites (tertiary alicyclic amines) is 1. The van der Waals surface area contributed by atoms with Crippen molar-refractivity contribution in [2.75, 3.05) is 20.1 Å². The van der Waals surface area contributed by atoms with Crippen molar-refractivity contribution in [2.24, 2.45) is 10.7 Å². The quantitative estimate of drug-likeness (QED) is 0.707. The molecule has 3 atom stereocenters. The third-order valence-corrected chi connectivity index (χ3v) is 6.47. The van der Waals surface area contributed by atoms with E-state index in [2.05, 4.69) is 34.2 Å². The topological polar surface area (TPSA) is 50.8 Å². The van der Waals surface area contributed by atoms with E-state index in [1.165, 1.54) is 17.2 Å². The monoisotopic (exact) mass is 421 g/mol. The normalized spacial score (nSPS) is 24.9. The number of rotatable bonds is 5. The summed E-state index contributed by atoms with van der Waals surface area (Å²) in [5.74, 6) is 0.429. The Morgan fingerprint density at radius 3 is 2.87 bits per heavy atom. The summed E-state index contributed by atoms with van der Waals surface area (Å²) >= 11 is 0. The predicted molar refractivity (Wildman–Crippen MR) is 125 cm³/mol. The maximum absolute atomic E-state index is 14.1. The van der Waals surface area contributed by atoms with Crippen LogP contribution in [0, 0.1) is 5.82 Å². The van der Waals surface area contributed by atoms with Gasteiger partial charge in [-0.3, -0.25) is 9.89 Å². The van der Waals surface area contributed by atoms with E-state index in [1.807, 2.05) is 13.0 Å². The summed E-state index contributed by atoms with van der Waals surface area (Å²) in [6, 6.07) is 13.8. The predicted octanol–water partition coefficient (Wildman–Crippen LogP) is 4.79. The van der Waals surface area contributed by atoms with E-state index in [0.717, 1.165) is 49.9 Å². The Morgan fingerprint density at radius 1 is 1.23 bits per heavy atom. The van der Waals surface area contributed by atoms with Crippen molar-refractivity contribution < 1.29 is 9.13 Å². The molecule has 4 rings (SSSR count). The van der Waals surface area contributed by atoms with Gasteiger partial charge in [-0.25, -0.2) is 4.39 Å². The minimum atomic E-state index is -0.272. The van der Waals surface area contributed by atoms with Crippen LogP contribution in [0.15, 0.2) is 53.5 Å². The van der Waals surface area contributed by atoms with Crippen LogP contribution >= 0.6 is 0 Å². The summed E-state index contributed by atoms with van der Waals surface area (Å²) in [5, 5.41) is 0. The van der Waals surface area contributed by atoms with Crippen molar-refractivity contribution in [3.05, 3.63) is 71.0 Å². The van der Waals surface area contributed by atoms with E-state index < -0.39 is 0 Å². The van der Waals surface area contributed by atoms with Crippen molar-refractivity contribution in [3.63, 3.8) is 0 Å². The smallest absolute Gasteiger partial charge is 0.139 e. The van der Waals surface area contributed by atoms with Crippen LogP contribution in [0.1, 0.15) is 49.0 Å². The van der Waals surface area contributed by atoms with Gasteiger partial charge in [-0.05, 0) is 80.1 Å². The van der Waals surface area contributed by atoms with Gasteiger partial charge in [0.25, 0.3) is 0 Å². The lowest BCUT2D eigenvalue weighted by Gasteiger charge is -2.43. The molecule has 2 aromatic carbocycles. The van der Waals surface area contributed by atoms with Gasteiger partial charge < -0.3 is 10.5 Å². The maximum atomic E-state index is 14.1. The summed E-state index contributed by atoms with van der Waals surface area (Å²) in [5.41, 5.74) is 10.5. The zero-order valence-electron chi connectivity index (χ0n) is 18.4. The van der Waals surface area contributed by atoms with E-state index in [9.17, 15) is 4.39 Å². The molecule has 164 valence electrons. The Morgan fingerprint density at radius 2 is 2.06 bits per heavy atom. The second-order valence-corrected chi connectivity index (χ2v) is 8.64. The summed E-state index contributed by atoms with van der Waals surface area (Å²) in [6.45, 7) is 3.90.